The van der Waals surface area contributed by atoms with Gasteiger partial charge in [0.15, 0.2) is 11.0 Å². The third kappa shape index (κ3) is 4.38. The highest BCUT2D eigenvalue weighted by atomic mass is 32.2. The third-order valence-electron chi connectivity index (χ3n) is 4.45. The van der Waals surface area contributed by atoms with Crippen molar-refractivity contribution >= 4 is 11.8 Å². The maximum absolute atomic E-state index is 13.3. The summed E-state index contributed by atoms with van der Waals surface area (Å²) in [6.45, 7) is 2.01. The van der Waals surface area contributed by atoms with Gasteiger partial charge in [-0.05, 0) is 42.8 Å². The van der Waals surface area contributed by atoms with Crippen LogP contribution in [0.5, 0.6) is 0 Å². The molecule has 0 fully saturated rings. The lowest BCUT2D eigenvalue weighted by molar-refractivity contribution is -0.137. The number of rotatable bonds is 5. The first kappa shape index (κ1) is 20.2. The molecule has 2 aromatic heterocycles. The fourth-order valence-electron chi connectivity index (χ4n) is 3.06. The number of halogens is 3. The number of aryl methyl sites for hydroxylation is 1. The highest BCUT2D eigenvalue weighted by Crippen LogP contribution is 2.34. The van der Waals surface area contributed by atoms with E-state index in [0.717, 1.165) is 28.8 Å². The maximum atomic E-state index is 13.3. The smallest absolute Gasteiger partial charge is 0.270 e. The van der Waals surface area contributed by atoms with Gasteiger partial charge in [0.05, 0.1) is 11.3 Å². The molecule has 0 aliphatic rings. The second kappa shape index (κ2) is 8.31. The van der Waals surface area contributed by atoms with Gasteiger partial charge in [0.25, 0.3) is 0 Å². The molecule has 0 unspecified atom stereocenters. The van der Waals surface area contributed by atoms with Crippen LogP contribution in [-0.4, -0.2) is 19.7 Å². The average Bonchev–Trinajstić information content (AvgIpc) is 3.16. The first-order chi connectivity index (χ1) is 14.4. The Morgan fingerprint density at radius 2 is 1.70 bits per heavy atom. The van der Waals surface area contributed by atoms with E-state index in [1.54, 1.807) is 35.2 Å². The molecular weight excluding hydrogens is 409 g/mol. The molecule has 0 aliphatic carbocycles. The highest BCUT2D eigenvalue weighted by molar-refractivity contribution is 7.98. The largest absolute Gasteiger partial charge is 0.416 e. The number of aromatic nitrogens is 4. The summed E-state index contributed by atoms with van der Waals surface area (Å²) in [5.74, 6) is 1.08. The third-order valence-corrected chi connectivity index (χ3v) is 5.45. The lowest BCUT2D eigenvalue weighted by Crippen LogP contribution is -2.07. The van der Waals surface area contributed by atoms with Crippen molar-refractivity contribution in [2.24, 2.45) is 0 Å². The summed E-state index contributed by atoms with van der Waals surface area (Å²) >= 11 is 1.43. The number of thioether (sulfide) groups is 1. The van der Waals surface area contributed by atoms with Gasteiger partial charge in [0.1, 0.15) is 0 Å². The topological polar surface area (TPSA) is 43.6 Å². The minimum Gasteiger partial charge on any atom is -0.270 e. The Kier molecular flexibility index (Phi) is 5.59. The van der Waals surface area contributed by atoms with E-state index in [0.29, 0.717) is 22.4 Å². The molecule has 8 heteroatoms. The Bertz CT molecular complexity index is 1160. The molecule has 0 bridgehead atoms. The molecule has 4 rings (SSSR count). The van der Waals surface area contributed by atoms with Gasteiger partial charge in [-0.25, -0.2) is 0 Å². The van der Waals surface area contributed by atoms with E-state index in [4.69, 9.17) is 0 Å². The summed E-state index contributed by atoms with van der Waals surface area (Å²) in [6, 6.07) is 16.8. The summed E-state index contributed by atoms with van der Waals surface area (Å²) in [6.07, 6.45) is -1.21. The van der Waals surface area contributed by atoms with Crippen molar-refractivity contribution < 1.29 is 13.2 Å². The molecule has 2 heterocycles. The van der Waals surface area contributed by atoms with Gasteiger partial charge in [-0.2, -0.15) is 13.2 Å². The van der Waals surface area contributed by atoms with Crippen LogP contribution in [0.3, 0.4) is 0 Å². The molecule has 0 spiro atoms. The van der Waals surface area contributed by atoms with Crippen LogP contribution in [0.1, 0.15) is 16.7 Å². The molecule has 30 heavy (non-hydrogen) atoms. The maximum Gasteiger partial charge on any atom is 0.416 e. The molecule has 4 nitrogen and oxygen atoms in total. The summed E-state index contributed by atoms with van der Waals surface area (Å²) < 4.78 is 41.5. The molecule has 0 saturated heterocycles. The zero-order valence-electron chi connectivity index (χ0n) is 16.0. The lowest BCUT2D eigenvalue weighted by Gasteiger charge is -2.13. The van der Waals surface area contributed by atoms with Crippen molar-refractivity contribution in [2.45, 2.75) is 24.0 Å². The quantitative estimate of drug-likeness (QED) is 0.370. The van der Waals surface area contributed by atoms with E-state index in [9.17, 15) is 13.2 Å². The Morgan fingerprint density at radius 3 is 2.43 bits per heavy atom. The first-order valence-corrected chi connectivity index (χ1v) is 10.1. The molecule has 0 radical (unpaired) electrons. The standard InChI is InChI=1S/C22H17F3N4S/c1-15-4-2-5-16(12-15)14-30-21-28-27-20(17-8-10-26-11-9-17)29(21)19-7-3-6-18(13-19)22(23,24)25/h2-13H,14H2,1H3. The number of hydrogen-bond acceptors (Lipinski definition) is 4. The van der Waals surface area contributed by atoms with Gasteiger partial charge in [-0.1, -0.05) is 47.7 Å². The van der Waals surface area contributed by atoms with Crippen molar-refractivity contribution in [2.75, 3.05) is 0 Å². The van der Waals surface area contributed by atoms with Crippen molar-refractivity contribution in [1.29, 1.82) is 0 Å². The van der Waals surface area contributed by atoms with Crippen LogP contribution >= 0.6 is 11.8 Å². The van der Waals surface area contributed by atoms with Gasteiger partial charge < -0.3 is 0 Å². The van der Waals surface area contributed by atoms with Crippen molar-refractivity contribution in [1.82, 2.24) is 19.7 Å². The van der Waals surface area contributed by atoms with Crippen molar-refractivity contribution in [3.8, 4) is 17.1 Å². The second-order valence-corrected chi connectivity index (χ2v) is 7.65. The van der Waals surface area contributed by atoms with Crippen LogP contribution in [0.15, 0.2) is 78.2 Å². The van der Waals surface area contributed by atoms with E-state index in [-0.39, 0.29) is 0 Å². The SMILES string of the molecule is Cc1cccc(CSc2nnc(-c3ccncc3)n2-c2cccc(C(F)(F)F)c2)c1. The molecule has 0 N–H and O–H groups in total. The Labute approximate surface area is 175 Å². The Hall–Kier alpha value is -3.13. The molecule has 2 aromatic carbocycles. The highest BCUT2D eigenvalue weighted by Gasteiger charge is 2.31. The van der Waals surface area contributed by atoms with Crippen molar-refractivity contribution in [3.63, 3.8) is 0 Å². The van der Waals surface area contributed by atoms with E-state index < -0.39 is 11.7 Å². The number of nitrogens with zero attached hydrogens (tertiary/aromatic N) is 4. The number of alkyl halides is 3. The predicted octanol–water partition coefficient (Wildman–Crippen LogP) is 5.95. The molecule has 4 aromatic rings. The summed E-state index contributed by atoms with van der Waals surface area (Å²) in [7, 11) is 0. The number of benzene rings is 2. The minimum absolute atomic E-state index is 0.355. The van der Waals surface area contributed by atoms with E-state index in [1.807, 2.05) is 25.1 Å². The molecule has 0 amide bonds. The van der Waals surface area contributed by atoms with Gasteiger partial charge in [-0.15, -0.1) is 10.2 Å². The van der Waals surface area contributed by atoms with Gasteiger partial charge in [-0.3, -0.25) is 9.55 Å². The number of pyridine rings is 1. The van der Waals surface area contributed by atoms with E-state index >= 15 is 0 Å². The normalized spacial score (nSPS) is 11.6. The fraction of sp³-hybridized carbons (Fsp3) is 0.136. The molecule has 0 atom stereocenters. The average molecular weight is 426 g/mol. The minimum atomic E-state index is -4.43. The monoisotopic (exact) mass is 426 g/mol. The predicted molar refractivity (Wildman–Crippen MR) is 110 cm³/mol. The summed E-state index contributed by atoms with van der Waals surface area (Å²) in [5.41, 5.74) is 2.60. The van der Waals surface area contributed by atoms with Gasteiger partial charge in [0.2, 0.25) is 0 Å². The van der Waals surface area contributed by atoms with Gasteiger partial charge in [0, 0.05) is 23.7 Å². The molecular formula is C22H17F3N4S. The van der Waals surface area contributed by atoms with E-state index in [2.05, 4.69) is 21.2 Å². The van der Waals surface area contributed by atoms with Crippen molar-refractivity contribution in [3.05, 3.63) is 89.7 Å². The zero-order chi connectivity index (χ0) is 21.1. The summed E-state index contributed by atoms with van der Waals surface area (Å²) in [4.78, 5) is 4.00. The number of hydrogen-bond donors (Lipinski definition) is 0. The Morgan fingerprint density at radius 1 is 0.933 bits per heavy atom. The Balaban J connectivity index is 1.77. The van der Waals surface area contributed by atoms with Crippen LogP contribution in [0.2, 0.25) is 0 Å². The van der Waals surface area contributed by atoms with Crippen LogP contribution in [0.25, 0.3) is 17.1 Å². The van der Waals surface area contributed by atoms with Gasteiger partial charge >= 0.3 is 6.18 Å². The molecule has 152 valence electrons. The zero-order valence-corrected chi connectivity index (χ0v) is 16.8. The second-order valence-electron chi connectivity index (χ2n) is 6.70. The van der Waals surface area contributed by atoms with Crippen LogP contribution in [-0.2, 0) is 11.9 Å². The van der Waals surface area contributed by atoms with Crippen LogP contribution < -0.4 is 0 Å². The van der Waals surface area contributed by atoms with Crippen LogP contribution in [0.4, 0.5) is 13.2 Å². The summed E-state index contributed by atoms with van der Waals surface area (Å²) in [5, 5.41) is 9.06. The molecule has 0 saturated carbocycles. The first-order valence-electron chi connectivity index (χ1n) is 9.13. The van der Waals surface area contributed by atoms with Crippen LogP contribution in [0, 0.1) is 6.92 Å². The fourth-order valence-corrected chi connectivity index (χ4v) is 3.95. The molecule has 0 aliphatic heterocycles. The lowest BCUT2D eigenvalue weighted by atomic mass is 10.2. The van der Waals surface area contributed by atoms with E-state index in [1.165, 1.54) is 17.8 Å².